The molecule has 5 nitrogen and oxygen atoms in total. The Morgan fingerprint density at radius 1 is 0.842 bits per heavy atom. The van der Waals surface area contributed by atoms with Crippen molar-refractivity contribution < 1.29 is 14.7 Å². The maximum Gasteiger partial charge on any atom is 0.258 e. The van der Waals surface area contributed by atoms with Gasteiger partial charge in [-0.2, -0.15) is 4.98 Å². The van der Waals surface area contributed by atoms with Crippen molar-refractivity contribution in [3.63, 3.8) is 0 Å². The third-order valence-corrected chi connectivity index (χ3v) is 2.64. The predicted octanol–water partition coefficient (Wildman–Crippen LogP) is 2.81. The van der Waals surface area contributed by atoms with Gasteiger partial charge in [-0.1, -0.05) is 17.3 Å². The molecule has 0 aliphatic carbocycles. The summed E-state index contributed by atoms with van der Waals surface area (Å²) >= 11 is 0. The summed E-state index contributed by atoms with van der Waals surface area (Å²) in [7, 11) is 0. The van der Waals surface area contributed by atoms with Crippen molar-refractivity contribution in [1.29, 1.82) is 0 Å². The molecule has 0 bridgehead atoms. The molecule has 1 aromatic heterocycles. The van der Waals surface area contributed by atoms with Crippen molar-refractivity contribution >= 4 is 0 Å². The number of aromatic hydroxyl groups is 2. The van der Waals surface area contributed by atoms with Gasteiger partial charge in [-0.25, -0.2) is 0 Å². The Labute approximate surface area is 108 Å². The molecule has 3 rings (SSSR count). The molecule has 0 aliphatic rings. The molecule has 0 fully saturated rings. The van der Waals surface area contributed by atoms with Crippen LogP contribution in [0.5, 0.6) is 11.5 Å². The summed E-state index contributed by atoms with van der Waals surface area (Å²) in [6.45, 7) is 0. The number of phenolic OH excluding ortho intramolecular Hbond substituents is 2. The van der Waals surface area contributed by atoms with Gasteiger partial charge in [0.2, 0.25) is 5.82 Å². The summed E-state index contributed by atoms with van der Waals surface area (Å²) < 4.78 is 5.16. The minimum Gasteiger partial charge on any atom is -0.508 e. The van der Waals surface area contributed by atoms with Gasteiger partial charge in [0.15, 0.2) is 0 Å². The lowest BCUT2D eigenvalue weighted by molar-refractivity contribution is 0.432. The number of rotatable bonds is 2. The topological polar surface area (TPSA) is 79.4 Å². The molecule has 5 heteroatoms. The molecule has 19 heavy (non-hydrogen) atoms. The van der Waals surface area contributed by atoms with E-state index in [4.69, 9.17) is 4.52 Å². The van der Waals surface area contributed by atoms with Crippen LogP contribution in [0.4, 0.5) is 0 Å². The van der Waals surface area contributed by atoms with Crippen LogP contribution in [0.25, 0.3) is 22.8 Å². The van der Waals surface area contributed by atoms with Gasteiger partial charge >= 0.3 is 0 Å². The molecule has 0 saturated heterocycles. The monoisotopic (exact) mass is 254 g/mol. The average Bonchev–Trinajstić information content (AvgIpc) is 2.89. The summed E-state index contributed by atoms with van der Waals surface area (Å²) in [4.78, 5) is 4.25. The highest BCUT2D eigenvalue weighted by molar-refractivity contribution is 5.61. The zero-order valence-corrected chi connectivity index (χ0v) is 9.82. The Morgan fingerprint density at radius 3 is 2.37 bits per heavy atom. The van der Waals surface area contributed by atoms with Gasteiger partial charge in [0.05, 0.1) is 0 Å². The molecule has 0 spiro atoms. The zero-order valence-electron chi connectivity index (χ0n) is 9.82. The fraction of sp³-hybridized carbons (Fsp3) is 0. The second-order valence-corrected chi connectivity index (χ2v) is 4.02. The van der Waals surface area contributed by atoms with E-state index in [1.807, 2.05) is 0 Å². The number of hydrogen-bond acceptors (Lipinski definition) is 5. The summed E-state index contributed by atoms with van der Waals surface area (Å²) in [6, 6.07) is 13.1. The second kappa shape index (κ2) is 4.45. The van der Waals surface area contributed by atoms with Crippen LogP contribution in [-0.2, 0) is 0 Å². The minimum absolute atomic E-state index is 0.147. The molecule has 0 radical (unpaired) electrons. The number of benzene rings is 2. The molecular weight excluding hydrogens is 244 g/mol. The molecule has 94 valence electrons. The van der Waals surface area contributed by atoms with Crippen molar-refractivity contribution in [3.05, 3.63) is 48.5 Å². The first-order chi connectivity index (χ1) is 9.22. The molecule has 0 unspecified atom stereocenters. The minimum atomic E-state index is 0.147. The van der Waals surface area contributed by atoms with E-state index >= 15 is 0 Å². The van der Waals surface area contributed by atoms with Crippen LogP contribution < -0.4 is 0 Å². The van der Waals surface area contributed by atoms with E-state index in [0.29, 0.717) is 17.3 Å². The SMILES string of the molecule is Oc1ccc(-c2nc(-c3cccc(O)c3)no2)cc1. The molecule has 0 saturated carbocycles. The van der Waals surface area contributed by atoms with Crippen LogP contribution in [0.1, 0.15) is 0 Å². The van der Waals surface area contributed by atoms with Gasteiger partial charge in [0.1, 0.15) is 11.5 Å². The van der Waals surface area contributed by atoms with E-state index in [0.717, 1.165) is 5.56 Å². The third kappa shape index (κ3) is 2.26. The van der Waals surface area contributed by atoms with Gasteiger partial charge in [-0.05, 0) is 36.4 Å². The Kier molecular flexibility index (Phi) is 2.64. The fourth-order valence-electron chi connectivity index (χ4n) is 1.71. The summed E-state index contributed by atoms with van der Waals surface area (Å²) in [5.41, 5.74) is 1.39. The van der Waals surface area contributed by atoms with Crippen molar-refractivity contribution in [2.24, 2.45) is 0 Å². The van der Waals surface area contributed by atoms with E-state index in [-0.39, 0.29) is 11.5 Å². The summed E-state index contributed by atoms with van der Waals surface area (Å²) in [5, 5.41) is 22.5. The van der Waals surface area contributed by atoms with Crippen molar-refractivity contribution in [2.45, 2.75) is 0 Å². The van der Waals surface area contributed by atoms with E-state index < -0.39 is 0 Å². The lowest BCUT2D eigenvalue weighted by atomic mass is 10.2. The second-order valence-electron chi connectivity index (χ2n) is 4.02. The number of nitrogens with zero attached hydrogens (tertiary/aromatic N) is 2. The van der Waals surface area contributed by atoms with Crippen LogP contribution in [0.2, 0.25) is 0 Å². The highest BCUT2D eigenvalue weighted by Gasteiger charge is 2.10. The molecule has 2 N–H and O–H groups in total. The van der Waals surface area contributed by atoms with Crippen LogP contribution >= 0.6 is 0 Å². The molecule has 2 aromatic carbocycles. The highest BCUT2D eigenvalue weighted by atomic mass is 16.5. The Bertz CT molecular complexity index is 705. The quantitative estimate of drug-likeness (QED) is 0.735. The predicted molar refractivity (Wildman–Crippen MR) is 68.5 cm³/mol. The van der Waals surface area contributed by atoms with Gasteiger partial charge in [0, 0.05) is 11.1 Å². The maximum atomic E-state index is 9.41. The van der Waals surface area contributed by atoms with E-state index in [2.05, 4.69) is 10.1 Å². The molecular formula is C14H10N2O3. The largest absolute Gasteiger partial charge is 0.508 e. The first-order valence-electron chi connectivity index (χ1n) is 5.65. The van der Waals surface area contributed by atoms with Crippen LogP contribution in [0.3, 0.4) is 0 Å². The van der Waals surface area contributed by atoms with E-state index in [9.17, 15) is 10.2 Å². The van der Waals surface area contributed by atoms with Crippen LogP contribution in [-0.4, -0.2) is 20.4 Å². The zero-order chi connectivity index (χ0) is 13.2. The molecule has 3 aromatic rings. The lowest BCUT2D eigenvalue weighted by Crippen LogP contribution is -1.81. The van der Waals surface area contributed by atoms with Gasteiger partial charge in [-0.3, -0.25) is 0 Å². The standard InChI is InChI=1S/C14H10N2O3/c17-11-6-4-9(5-7-11)14-15-13(16-19-14)10-2-1-3-12(18)8-10/h1-8,17-18H. The highest BCUT2D eigenvalue weighted by Crippen LogP contribution is 2.25. The Morgan fingerprint density at radius 2 is 1.63 bits per heavy atom. The first kappa shape index (κ1) is 11.3. The smallest absolute Gasteiger partial charge is 0.258 e. The van der Waals surface area contributed by atoms with Crippen LogP contribution in [0, 0.1) is 0 Å². The third-order valence-electron chi connectivity index (χ3n) is 2.64. The average molecular weight is 254 g/mol. The summed E-state index contributed by atoms with van der Waals surface area (Å²) in [5.74, 6) is 1.09. The normalized spacial score (nSPS) is 10.5. The summed E-state index contributed by atoms with van der Waals surface area (Å²) in [6.07, 6.45) is 0. The lowest BCUT2D eigenvalue weighted by Gasteiger charge is -1.95. The number of phenols is 2. The van der Waals surface area contributed by atoms with Gasteiger partial charge in [0.25, 0.3) is 5.89 Å². The molecule has 1 heterocycles. The van der Waals surface area contributed by atoms with Crippen molar-refractivity contribution in [3.8, 4) is 34.3 Å². The fourth-order valence-corrected chi connectivity index (χ4v) is 1.71. The molecule has 0 amide bonds. The molecule has 0 aliphatic heterocycles. The van der Waals surface area contributed by atoms with E-state index in [1.54, 1.807) is 48.5 Å². The van der Waals surface area contributed by atoms with Gasteiger partial charge < -0.3 is 14.7 Å². The first-order valence-corrected chi connectivity index (χ1v) is 5.65. The maximum absolute atomic E-state index is 9.41. The Hall–Kier alpha value is -2.82. The molecule has 0 atom stereocenters. The van der Waals surface area contributed by atoms with Crippen LogP contribution in [0.15, 0.2) is 53.1 Å². The van der Waals surface area contributed by atoms with Gasteiger partial charge in [-0.15, -0.1) is 0 Å². The van der Waals surface area contributed by atoms with Crippen molar-refractivity contribution in [2.75, 3.05) is 0 Å². The van der Waals surface area contributed by atoms with E-state index in [1.165, 1.54) is 0 Å². The van der Waals surface area contributed by atoms with Crippen molar-refractivity contribution in [1.82, 2.24) is 10.1 Å². The number of hydrogen-bond donors (Lipinski definition) is 2. The Balaban J connectivity index is 1.97. The number of aromatic nitrogens is 2.